The monoisotopic (exact) mass is 287 g/mol. The minimum absolute atomic E-state index is 0.600. The molecule has 1 aromatic carbocycles. The Bertz CT molecular complexity index is 279. The van der Waals surface area contributed by atoms with E-state index >= 15 is 0 Å². The second-order valence-corrected chi connectivity index (χ2v) is 4.80. The van der Waals surface area contributed by atoms with E-state index in [1.807, 2.05) is 0 Å². The Hall–Kier alpha value is -0.0900. The zero-order chi connectivity index (χ0) is 9.10. The molecular formula is C11H14IN. The first-order valence-electron chi connectivity index (χ1n) is 4.85. The van der Waals surface area contributed by atoms with Crippen LogP contribution in [0.2, 0.25) is 0 Å². The first-order chi connectivity index (χ1) is 6.36. The fourth-order valence-corrected chi connectivity index (χ4v) is 2.43. The van der Waals surface area contributed by atoms with Crippen molar-refractivity contribution in [1.29, 1.82) is 0 Å². The normalized spacial score (nSPS) is 23.0. The van der Waals surface area contributed by atoms with Crippen LogP contribution in [-0.4, -0.2) is 6.54 Å². The summed E-state index contributed by atoms with van der Waals surface area (Å²) in [6.45, 7) is 1.18. The summed E-state index contributed by atoms with van der Waals surface area (Å²) in [6.07, 6.45) is 3.99. The summed E-state index contributed by atoms with van der Waals surface area (Å²) in [5, 5.41) is 3.56. The lowest BCUT2D eigenvalue weighted by molar-refractivity contribution is 0.412. The van der Waals surface area contributed by atoms with Gasteiger partial charge in [0.05, 0.1) is 0 Å². The Morgan fingerprint density at radius 2 is 2.23 bits per heavy atom. The molecule has 2 rings (SSSR count). The summed E-state index contributed by atoms with van der Waals surface area (Å²) < 4.78 is 1.34. The molecule has 1 atom stereocenters. The Labute approximate surface area is 93.1 Å². The van der Waals surface area contributed by atoms with Crippen LogP contribution < -0.4 is 5.32 Å². The summed E-state index contributed by atoms with van der Waals surface area (Å²) in [5.41, 5.74) is 1.45. The number of nitrogens with one attached hydrogen (secondary N) is 1. The van der Waals surface area contributed by atoms with Crippen molar-refractivity contribution >= 4 is 22.6 Å². The molecule has 1 N–H and O–H groups in total. The molecule has 0 radical (unpaired) electrons. The molecule has 1 nitrogen and oxygen atoms in total. The number of halogens is 1. The Balaban J connectivity index is 2.14. The van der Waals surface area contributed by atoms with Crippen LogP contribution in [0.4, 0.5) is 0 Å². The van der Waals surface area contributed by atoms with Crippen molar-refractivity contribution in [3.63, 3.8) is 0 Å². The molecule has 0 spiro atoms. The van der Waals surface area contributed by atoms with Crippen LogP contribution in [0, 0.1) is 3.57 Å². The van der Waals surface area contributed by atoms with Gasteiger partial charge in [-0.2, -0.15) is 0 Å². The lowest BCUT2D eigenvalue weighted by Crippen LogP contribution is -2.26. The van der Waals surface area contributed by atoms with Crippen molar-refractivity contribution in [2.75, 3.05) is 6.54 Å². The summed E-state index contributed by atoms with van der Waals surface area (Å²) >= 11 is 2.37. The van der Waals surface area contributed by atoms with E-state index in [-0.39, 0.29) is 0 Å². The van der Waals surface area contributed by atoms with Crippen LogP contribution in [0.5, 0.6) is 0 Å². The summed E-state index contributed by atoms with van der Waals surface area (Å²) in [6, 6.07) is 9.40. The molecular weight excluding hydrogens is 273 g/mol. The minimum Gasteiger partial charge on any atom is -0.310 e. The second kappa shape index (κ2) is 4.42. The van der Waals surface area contributed by atoms with Gasteiger partial charge >= 0.3 is 0 Å². The van der Waals surface area contributed by atoms with Crippen molar-refractivity contribution in [2.45, 2.75) is 25.3 Å². The lowest BCUT2D eigenvalue weighted by Gasteiger charge is -2.23. The highest BCUT2D eigenvalue weighted by molar-refractivity contribution is 14.1. The van der Waals surface area contributed by atoms with E-state index < -0.39 is 0 Å². The third-order valence-corrected chi connectivity index (χ3v) is 3.23. The largest absolute Gasteiger partial charge is 0.310 e. The van der Waals surface area contributed by atoms with E-state index in [9.17, 15) is 0 Å². The molecule has 1 aliphatic heterocycles. The predicted molar refractivity (Wildman–Crippen MR) is 63.8 cm³/mol. The highest BCUT2D eigenvalue weighted by Gasteiger charge is 2.13. The third kappa shape index (κ3) is 2.44. The zero-order valence-corrected chi connectivity index (χ0v) is 9.75. The predicted octanol–water partition coefficient (Wildman–Crippen LogP) is 3.11. The fourth-order valence-electron chi connectivity index (χ4n) is 1.86. The van der Waals surface area contributed by atoms with Gasteiger partial charge in [0.25, 0.3) is 0 Å². The van der Waals surface area contributed by atoms with Crippen molar-refractivity contribution in [3.05, 3.63) is 33.4 Å². The van der Waals surface area contributed by atoms with Crippen molar-refractivity contribution < 1.29 is 0 Å². The molecule has 0 amide bonds. The van der Waals surface area contributed by atoms with Crippen molar-refractivity contribution in [1.82, 2.24) is 5.32 Å². The summed E-state index contributed by atoms with van der Waals surface area (Å²) in [4.78, 5) is 0. The average Bonchev–Trinajstić information content (AvgIpc) is 2.19. The van der Waals surface area contributed by atoms with Crippen LogP contribution in [0.15, 0.2) is 24.3 Å². The van der Waals surface area contributed by atoms with E-state index in [1.54, 1.807) is 0 Å². The molecule has 1 unspecified atom stereocenters. The van der Waals surface area contributed by atoms with E-state index in [0.29, 0.717) is 6.04 Å². The maximum Gasteiger partial charge on any atom is 0.0320 e. The number of benzene rings is 1. The highest BCUT2D eigenvalue weighted by atomic mass is 127. The molecule has 2 heteroatoms. The standard InChI is InChI=1S/C11H14IN/c12-10-5-3-4-9(8-10)11-6-1-2-7-13-11/h3-5,8,11,13H,1-2,6-7H2. The van der Waals surface area contributed by atoms with Crippen LogP contribution in [0.25, 0.3) is 0 Å². The van der Waals surface area contributed by atoms with Gasteiger partial charge in [0, 0.05) is 9.61 Å². The summed E-state index contributed by atoms with van der Waals surface area (Å²) in [7, 11) is 0. The Morgan fingerprint density at radius 3 is 2.92 bits per heavy atom. The van der Waals surface area contributed by atoms with Crippen LogP contribution >= 0.6 is 22.6 Å². The maximum atomic E-state index is 3.56. The summed E-state index contributed by atoms with van der Waals surface area (Å²) in [5.74, 6) is 0. The van der Waals surface area contributed by atoms with Gasteiger partial charge in [0.15, 0.2) is 0 Å². The highest BCUT2D eigenvalue weighted by Crippen LogP contribution is 2.23. The van der Waals surface area contributed by atoms with E-state index in [4.69, 9.17) is 0 Å². The van der Waals surface area contributed by atoms with Gasteiger partial charge in [-0.05, 0) is 59.7 Å². The van der Waals surface area contributed by atoms with Gasteiger partial charge in [0.2, 0.25) is 0 Å². The van der Waals surface area contributed by atoms with Crippen LogP contribution in [0.1, 0.15) is 30.9 Å². The maximum absolute atomic E-state index is 3.56. The number of hydrogen-bond acceptors (Lipinski definition) is 1. The molecule has 0 aliphatic carbocycles. The van der Waals surface area contributed by atoms with Crippen LogP contribution in [0.3, 0.4) is 0 Å². The van der Waals surface area contributed by atoms with Gasteiger partial charge < -0.3 is 5.32 Å². The molecule has 1 fully saturated rings. The first kappa shape index (κ1) is 9.46. The van der Waals surface area contributed by atoms with E-state index in [1.165, 1.54) is 34.9 Å². The SMILES string of the molecule is Ic1cccc(C2CCCCN2)c1. The van der Waals surface area contributed by atoms with Gasteiger partial charge in [-0.15, -0.1) is 0 Å². The van der Waals surface area contributed by atoms with Gasteiger partial charge in [-0.1, -0.05) is 18.6 Å². The van der Waals surface area contributed by atoms with Gasteiger partial charge in [0.1, 0.15) is 0 Å². The molecule has 13 heavy (non-hydrogen) atoms. The molecule has 1 saturated heterocycles. The van der Waals surface area contributed by atoms with E-state index in [0.717, 1.165) is 0 Å². The van der Waals surface area contributed by atoms with Gasteiger partial charge in [-0.25, -0.2) is 0 Å². The quantitative estimate of drug-likeness (QED) is 0.783. The van der Waals surface area contributed by atoms with Crippen LogP contribution in [-0.2, 0) is 0 Å². The second-order valence-electron chi connectivity index (χ2n) is 3.56. The molecule has 0 saturated carbocycles. The number of piperidine rings is 1. The molecule has 0 aromatic heterocycles. The number of hydrogen-bond donors (Lipinski definition) is 1. The molecule has 1 heterocycles. The van der Waals surface area contributed by atoms with Crippen molar-refractivity contribution in [2.24, 2.45) is 0 Å². The van der Waals surface area contributed by atoms with E-state index in [2.05, 4.69) is 52.2 Å². The van der Waals surface area contributed by atoms with Crippen molar-refractivity contribution in [3.8, 4) is 0 Å². The molecule has 1 aromatic rings. The topological polar surface area (TPSA) is 12.0 Å². The Morgan fingerprint density at radius 1 is 1.31 bits per heavy atom. The third-order valence-electron chi connectivity index (χ3n) is 2.56. The molecule has 70 valence electrons. The minimum atomic E-state index is 0.600. The average molecular weight is 287 g/mol. The first-order valence-corrected chi connectivity index (χ1v) is 5.93. The molecule has 1 aliphatic rings. The Kier molecular flexibility index (Phi) is 3.22. The van der Waals surface area contributed by atoms with Gasteiger partial charge in [-0.3, -0.25) is 0 Å². The molecule has 0 bridgehead atoms. The number of rotatable bonds is 1. The zero-order valence-electron chi connectivity index (χ0n) is 7.59. The smallest absolute Gasteiger partial charge is 0.0320 e. The lowest BCUT2D eigenvalue weighted by atomic mass is 9.98. The fraction of sp³-hybridized carbons (Fsp3) is 0.455.